The van der Waals surface area contributed by atoms with E-state index in [1.807, 2.05) is 0 Å². The average molecular weight is 362 g/mol. The number of rotatable bonds is 6. The third kappa shape index (κ3) is 3.51. The summed E-state index contributed by atoms with van der Waals surface area (Å²) in [4.78, 5) is 33.2. The zero-order valence-electron chi connectivity index (χ0n) is 13.0. The molecule has 0 saturated heterocycles. The second-order valence-corrected chi connectivity index (χ2v) is 5.50. The number of fused-ring (bicyclic) bond motifs is 1. The van der Waals surface area contributed by atoms with Gasteiger partial charge in [-0.05, 0) is 30.2 Å². The third-order valence-corrected chi connectivity index (χ3v) is 3.90. The summed E-state index contributed by atoms with van der Waals surface area (Å²) < 4.78 is 1.38. The number of carbonyl (C=O) groups excluding carboxylic acids is 1. The SMILES string of the molecule is CCC(C(=O)O)n1cc(/C=C(\C#N)C(=O)Cl)c2ccc([N+](=O)[O-])cc21. The van der Waals surface area contributed by atoms with Crippen molar-refractivity contribution in [3.63, 3.8) is 0 Å². The van der Waals surface area contributed by atoms with E-state index in [2.05, 4.69) is 0 Å². The van der Waals surface area contributed by atoms with E-state index in [1.165, 1.54) is 35.0 Å². The number of nitriles is 1. The highest BCUT2D eigenvalue weighted by molar-refractivity contribution is 6.68. The van der Waals surface area contributed by atoms with Crippen LogP contribution in [0.5, 0.6) is 0 Å². The van der Waals surface area contributed by atoms with E-state index in [0.717, 1.165) is 0 Å². The van der Waals surface area contributed by atoms with Gasteiger partial charge in [0.2, 0.25) is 0 Å². The zero-order valence-corrected chi connectivity index (χ0v) is 13.7. The molecule has 0 fully saturated rings. The number of allylic oxidation sites excluding steroid dienone is 1. The molecule has 0 aliphatic carbocycles. The molecule has 1 atom stereocenters. The summed E-state index contributed by atoms with van der Waals surface area (Å²) in [6.45, 7) is 1.67. The molecule has 2 aromatic rings. The van der Waals surface area contributed by atoms with Crippen molar-refractivity contribution in [3.8, 4) is 6.07 Å². The predicted octanol–water partition coefficient (Wildman–Crippen LogP) is 3.26. The Kier molecular flexibility index (Phi) is 5.20. The van der Waals surface area contributed by atoms with Crippen LogP contribution in [0.1, 0.15) is 24.9 Å². The number of nitro groups is 1. The van der Waals surface area contributed by atoms with Crippen LogP contribution in [-0.2, 0) is 9.59 Å². The molecule has 0 aliphatic rings. The molecule has 0 spiro atoms. The number of hydrogen-bond donors (Lipinski definition) is 1. The Hall–Kier alpha value is -3.18. The van der Waals surface area contributed by atoms with Gasteiger partial charge in [-0.1, -0.05) is 6.92 Å². The van der Waals surface area contributed by atoms with Crippen LogP contribution in [0.2, 0.25) is 0 Å². The van der Waals surface area contributed by atoms with Gasteiger partial charge < -0.3 is 9.67 Å². The second-order valence-electron chi connectivity index (χ2n) is 5.16. The Morgan fingerprint density at radius 3 is 2.68 bits per heavy atom. The Labute approximate surface area is 146 Å². The maximum atomic E-state index is 11.5. The van der Waals surface area contributed by atoms with E-state index in [-0.39, 0.29) is 17.7 Å². The van der Waals surface area contributed by atoms with Crippen molar-refractivity contribution in [2.45, 2.75) is 19.4 Å². The lowest BCUT2D eigenvalue weighted by Gasteiger charge is -2.13. The van der Waals surface area contributed by atoms with Gasteiger partial charge in [-0.25, -0.2) is 4.79 Å². The van der Waals surface area contributed by atoms with Gasteiger partial charge in [0.15, 0.2) is 0 Å². The lowest BCUT2D eigenvalue weighted by atomic mass is 10.1. The monoisotopic (exact) mass is 361 g/mol. The standard InChI is InChI=1S/C16H12ClN3O5/c1-2-13(16(22)23)19-8-10(5-9(7-18)15(17)21)12-4-3-11(20(24)25)6-14(12)19/h3-6,8,13H,2H2,1H3,(H,22,23)/b9-5+. The maximum Gasteiger partial charge on any atom is 0.326 e. The minimum atomic E-state index is -1.10. The molecule has 0 aliphatic heterocycles. The number of hydrogen-bond acceptors (Lipinski definition) is 5. The molecular formula is C16H12ClN3O5. The number of nitro benzene ring substituents is 1. The molecule has 8 nitrogen and oxygen atoms in total. The predicted molar refractivity (Wildman–Crippen MR) is 90.0 cm³/mol. The summed E-state index contributed by atoms with van der Waals surface area (Å²) in [5, 5.41) is 28.9. The molecule has 9 heteroatoms. The van der Waals surface area contributed by atoms with Crippen LogP contribution in [0, 0.1) is 21.4 Å². The van der Waals surface area contributed by atoms with Gasteiger partial charge in [0.1, 0.15) is 17.7 Å². The van der Waals surface area contributed by atoms with Crippen molar-refractivity contribution >= 4 is 45.5 Å². The molecule has 1 unspecified atom stereocenters. The normalized spacial score (nSPS) is 12.6. The van der Waals surface area contributed by atoms with E-state index < -0.39 is 22.2 Å². The average Bonchev–Trinajstić information content (AvgIpc) is 2.90. The first kappa shape index (κ1) is 18.2. The quantitative estimate of drug-likeness (QED) is 0.276. The number of aromatic nitrogens is 1. The molecule has 1 aromatic carbocycles. The Bertz CT molecular complexity index is 955. The molecule has 1 heterocycles. The molecule has 1 N–H and O–H groups in total. The summed E-state index contributed by atoms with van der Waals surface area (Å²) in [6.07, 6.45) is 2.91. The fraction of sp³-hybridized carbons (Fsp3) is 0.188. The van der Waals surface area contributed by atoms with Crippen LogP contribution in [0.4, 0.5) is 5.69 Å². The minimum Gasteiger partial charge on any atom is -0.480 e. The first-order valence-electron chi connectivity index (χ1n) is 7.13. The number of benzene rings is 1. The Morgan fingerprint density at radius 2 is 2.20 bits per heavy atom. The molecule has 0 bridgehead atoms. The van der Waals surface area contributed by atoms with Gasteiger partial charge >= 0.3 is 5.97 Å². The van der Waals surface area contributed by atoms with E-state index in [9.17, 15) is 24.8 Å². The Morgan fingerprint density at radius 1 is 1.52 bits per heavy atom. The highest BCUT2D eigenvalue weighted by Gasteiger charge is 2.22. The molecule has 0 amide bonds. The third-order valence-electron chi connectivity index (χ3n) is 3.70. The first-order valence-corrected chi connectivity index (χ1v) is 7.51. The smallest absolute Gasteiger partial charge is 0.326 e. The van der Waals surface area contributed by atoms with Crippen LogP contribution >= 0.6 is 11.6 Å². The van der Waals surface area contributed by atoms with Crippen molar-refractivity contribution in [3.05, 3.63) is 45.6 Å². The molecule has 128 valence electrons. The Balaban J connectivity index is 2.81. The molecule has 0 radical (unpaired) electrons. The highest BCUT2D eigenvalue weighted by atomic mass is 35.5. The summed E-state index contributed by atoms with van der Waals surface area (Å²) in [7, 11) is 0. The van der Waals surface area contributed by atoms with Gasteiger partial charge in [-0.2, -0.15) is 5.26 Å². The van der Waals surface area contributed by atoms with Crippen molar-refractivity contribution in [2.75, 3.05) is 0 Å². The van der Waals surface area contributed by atoms with Crippen molar-refractivity contribution in [2.24, 2.45) is 0 Å². The van der Waals surface area contributed by atoms with E-state index in [1.54, 1.807) is 13.0 Å². The van der Waals surface area contributed by atoms with Gasteiger partial charge in [0.05, 0.1) is 10.4 Å². The van der Waals surface area contributed by atoms with E-state index >= 15 is 0 Å². The fourth-order valence-corrected chi connectivity index (χ4v) is 2.63. The summed E-state index contributed by atoms with van der Waals surface area (Å²) in [5.74, 6) is -1.10. The van der Waals surface area contributed by atoms with Crippen molar-refractivity contribution in [1.82, 2.24) is 4.57 Å². The topological polar surface area (TPSA) is 126 Å². The lowest BCUT2D eigenvalue weighted by molar-refractivity contribution is -0.384. The molecule has 2 rings (SSSR count). The van der Waals surface area contributed by atoms with Crippen LogP contribution in [0.15, 0.2) is 30.0 Å². The number of aliphatic carboxylic acids is 1. The fourth-order valence-electron chi connectivity index (χ4n) is 2.53. The van der Waals surface area contributed by atoms with Crippen LogP contribution < -0.4 is 0 Å². The van der Waals surface area contributed by atoms with Crippen molar-refractivity contribution < 1.29 is 19.6 Å². The number of non-ortho nitro benzene ring substituents is 1. The second kappa shape index (κ2) is 7.15. The van der Waals surface area contributed by atoms with Crippen LogP contribution in [0.25, 0.3) is 17.0 Å². The minimum absolute atomic E-state index is 0.198. The zero-order chi connectivity index (χ0) is 18.7. The van der Waals surface area contributed by atoms with Crippen LogP contribution in [0.3, 0.4) is 0 Å². The largest absolute Gasteiger partial charge is 0.480 e. The molecule has 1 aromatic heterocycles. The number of nitrogens with zero attached hydrogens (tertiary/aromatic N) is 3. The summed E-state index contributed by atoms with van der Waals surface area (Å²) >= 11 is 5.34. The molecular weight excluding hydrogens is 350 g/mol. The number of carboxylic acids is 1. The molecule has 0 saturated carbocycles. The van der Waals surface area contributed by atoms with Crippen molar-refractivity contribution in [1.29, 1.82) is 5.26 Å². The van der Waals surface area contributed by atoms with Crippen LogP contribution in [-0.4, -0.2) is 25.8 Å². The molecule has 25 heavy (non-hydrogen) atoms. The van der Waals surface area contributed by atoms with E-state index in [0.29, 0.717) is 16.5 Å². The number of halogens is 1. The highest BCUT2D eigenvalue weighted by Crippen LogP contribution is 2.31. The maximum absolute atomic E-state index is 11.5. The van der Waals surface area contributed by atoms with Gasteiger partial charge in [0.25, 0.3) is 10.9 Å². The number of carboxylic acid groups (broad SMARTS) is 1. The lowest BCUT2D eigenvalue weighted by Crippen LogP contribution is -2.17. The summed E-state index contributed by atoms with van der Waals surface area (Å²) in [5.41, 5.74) is 0.170. The van der Waals surface area contributed by atoms with Gasteiger partial charge in [-0.15, -0.1) is 0 Å². The van der Waals surface area contributed by atoms with Gasteiger partial charge in [-0.3, -0.25) is 14.9 Å². The van der Waals surface area contributed by atoms with Gasteiger partial charge in [0, 0.05) is 29.3 Å². The first-order chi connectivity index (χ1) is 11.8. The summed E-state index contributed by atoms with van der Waals surface area (Å²) in [6, 6.07) is 4.67. The number of carbonyl (C=O) groups is 2. The van der Waals surface area contributed by atoms with E-state index in [4.69, 9.17) is 16.9 Å².